The number of anilines is 1. The predicted molar refractivity (Wildman–Crippen MR) is 56.1 cm³/mol. The van der Waals surface area contributed by atoms with E-state index in [2.05, 4.69) is 15.6 Å². The molecule has 78 valence electrons. The van der Waals surface area contributed by atoms with E-state index in [-0.39, 0.29) is 11.9 Å². The largest absolute Gasteiger partial charge is 0.374 e. The zero-order valence-corrected chi connectivity index (χ0v) is 8.61. The van der Waals surface area contributed by atoms with Crippen LogP contribution in [-0.2, 0) is 4.79 Å². The monoisotopic (exact) mass is 204 g/mol. The molecule has 1 atom stereocenters. The maximum atomic E-state index is 11.2. The van der Waals surface area contributed by atoms with Gasteiger partial charge in [0, 0.05) is 18.9 Å². The van der Waals surface area contributed by atoms with Gasteiger partial charge in [0.15, 0.2) is 0 Å². The lowest BCUT2D eigenvalue weighted by atomic mass is 10.2. The predicted octanol–water partition coefficient (Wildman–Crippen LogP) is 0.500. The van der Waals surface area contributed by atoms with Gasteiger partial charge in [-0.1, -0.05) is 0 Å². The van der Waals surface area contributed by atoms with E-state index in [1.807, 2.05) is 6.07 Å². The second-order valence-electron chi connectivity index (χ2n) is 3.02. The summed E-state index contributed by atoms with van der Waals surface area (Å²) in [5.74, 6) is -0.106. The van der Waals surface area contributed by atoms with Crippen molar-refractivity contribution in [3.05, 3.63) is 24.0 Å². The highest BCUT2D eigenvalue weighted by molar-refractivity contribution is 5.83. The quantitative estimate of drug-likeness (QED) is 0.751. The summed E-state index contributed by atoms with van der Waals surface area (Å²) in [7, 11) is 1.58. The third-order valence-electron chi connectivity index (χ3n) is 1.90. The molecule has 0 spiro atoms. The number of hydrogen-bond acceptors (Lipinski definition) is 4. The van der Waals surface area contributed by atoms with Crippen LogP contribution >= 0.6 is 0 Å². The van der Waals surface area contributed by atoms with Crippen LogP contribution in [0.2, 0.25) is 0 Å². The number of likely N-dealkylation sites (N-methyl/N-ethyl adjacent to an activating group) is 1. The highest BCUT2D eigenvalue weighted by Gasteiger charge is 2.10. The minimum absolute atomic E-state index is 0.106. The number of aromatic nitrogens is 1. The van der Waals surface area contributed by atoms with Gasteiger partial charge in [-0.2, -0.15) is 5.26 Å². The van der Waals surface area contributed by atoms with Gasteiger partial charge >= 0.3 is 0 Å². The number of hydrogen-bond donors (Lipinski definition) is 2. The number of carbonyl (C=O) groups is 1. The summed E-state index contributed by atoms with van der Waals surface area (Å²) in [5.41, 5.74) is 1.03. The molecule has 1 aromatic heterocycles. The minimum atomic E-state index is -0.344. The third-order valence-corrected chi connectivity index (χ3v) is 1.90. The van der Waals surface area contributed by atoms with E-state index < -0.39 is 0 Å². The molecule has 15 heavy (non-hydrogen) atoms. The number of amides is 1. The molecular formula is C10H12N4O. The lowest BCUT2D eigenvalue weighted by Crippen LogP contribution is -2.35. The molecule has 0 aliphatic heterocycles. The summed E-state index contributed by atoms with van der Waals surface area (Å²) in [5, 5.41) is 14.1. The average Bonchev–Trinajstić information content (AvgIpc) is 2.28. The Bertz CT molecular complexity index is 397. The lowest BCUT2D eigenvalue weighted by molar-refractivity contribution is -0.121. The first-order valence-corrected chi connectivity index (χ1v) is 4.51. The molecule has 0 bridgehead atoms. The van der Waals surface area contributed by atoms with Crippen LogP contribution in [0, 0.1) is 11.3 Å². The van der Waals surface area contributed by atoms with Crippen molar-refractivity contribution >= 4 is 11.6 Å². The maximum Gasteiger partial charge on any atom is 0.241 e. The number of pyridine rings is 1. The Morgan fingerprint density at radius 2 is 2.40 bits per heavy atom. The highest BCUT2D eigenvalue weighted by atomic mass is 16.2. The van der Waals surface area contributed by atoms with Crippen LogP contribution in [0.1, 0.15) is 12.6 Å². The molecule has 0 aromatic carbocycles. The van der Waals surface area contributed by atoms with Crippen molar-refractivity contribution in [1.82, 2.24) is 10.3 Å². The molecule has 1 unspecified atom stereocenters. The average molecular weight is 204 g/mol. The van der Waals surface area contributed by atoms with Crippen LogP contribution in [0.3, 0.4) is 0 Å². The summed E-state index contributed by atoms with van der Waals surface area (Å²) < 4.78 is 0. The van der Waals surface area contributed by atoms with Gasteiger partial charge in [-0.3, -0.25) is 4.79 Å². The van der Waals surface area contributed by atoms with Crippen molar-refractivity contribution in [2.75, 3.05) is 12.4 Å². The Morgan fingerprint density at radius 3 is 3.00 bits per heavy atom. The van der Waals surface area contributed by atoms with E-state index >= 15 is 0 Å². The van der Waals surface area contributed by atoms with Crippen LogP contribution in [0.25, 0.3) is 0 Å². The smallest absolute Gasteiger partial charge is 0.241 e. The van der Waals surface area contributed by atoms with Crippen molar-refractivity contribution < 1.29 is 4.79 Å². The molecule has 0 aliphatic rings. The molecule has 1 rings (SSSR count). The van der Waals surface area contributed by atoms with E-state index in [0.717, 1.165) is 0 Å². The molecule has 0 saturated heterocycles. The summed E-state index contributed by atoms with van der Waals surface area (Å²) in [6.07, 6.45) is 1.53. The van der Waals surface area contributed by atoms with Crippen molar-refractivity contribution in [1.29, 1.82) is 5.26 Å². The minimum Gasteiger partial charge on any atom is -0.374 e. The van der Waals surface area contributed by atoms with E-state index in [1.54, 1.807) is 26.1 Å². The maximum absolute atomic E-state index is 11.2. The molecule has 5 heteroatoms. The van der Waals surface area contributed by atoms with Crippen LogP contribution in [-0.4, -0.2) is 24.0 Å². The molecular weight excluding hydrogens is 192 g/mol. The van der Waals surface area contributed by atoms with Crippen molar-refractivity contribution in [2.24, 2.45) is 0 Å². The fourth-order valence-corrected chi connectivity index (χ4v) is 1.11. The molecule has 0 fully saturated rings. The summed E-state index contributed by atoms with van der Waals surface area (Å²) in [6, 6.07) is 4.89. The van der Waals surface area contributed by atoms with Gasteiger partial charge in [0.25, 0.3) is 0 Å². The Kier molecular flexibility index (Phi) is 3.63. The number of nitriles is 1. The fourth-order valence-electron chi connectivity index (χ4n) is 1.11. The Hall–Kier alpha value is -2.09. The first-order valence-electron chi connectivity index (χ1n) is 4.51. The van der Waals surface area contributed by atoms with Crippen molar-refractivity contribution in [2.45, 2.75) is 13.0 Å². The first kappa shape index (κ1) is 11.0. The van der Waals surface area contributed by atoms with Crippen LogP contribution in [0.4, 0.5) is 5.69 Å². The molecule has 1 heterocycles. The fraction of sp³-hybridized carbons (Fsp3) is 0.300. The zero-order chi connectivity index (χ0) is 11.3. The SMILES string of the molecule is CNC(=O)C(C)Nc1ccnc(C#N)c1. The number of nitrogens with zero attached hydrogens (tertiary/aromatic N) is 2. The second kappa shape index (κ2) is 4.96. The van der Waals surface area contributed by atoms with E-state index in [4.69, 9.17) is 5.26 Å². The van der Waals surface area contributed by atoms with Gasteiger partial charge in [-0.15, -0.1) is 0 Å². The number of rotatable bonds is 3. The van der Waals surface area contributed by atoms with Gasteiger partial charge in [0.2, 0.25) is 5.91 Å². The standard InChI is InChI=1S/C10H12N4O/c1-7(10(15)12-2)14-8-3-4-13-9(5-8)6-11/h3-5,7H,1-2H3,(H,12,15)(H,13,14). The summed E-state index contributed by atoms with van der Waals surface area (Å²) >= 11 is 0. The molecule has 2 N–H and O–H groups in total. The van der Waals surface area contributed by atoms with Gasteiger partial charge in [-0.25, -0.2) is 4.98 Å². The molecule has 0 saturated carbocycles. The topological polar surface area (TPSA) is 77.8 Å². The number of nitrogens with one attached hydrogen (secondary N) is 2. The molecule has 1 amide bonds. The third kappa shape index (κ3) is 2.95. The van der Waals surface area contributed by atoms with Gasteiger partial charge < -0.3 is 10.6 Å². The molecule has 1 aromatic rings. The lowest BCUT2D eigenvalue weighted by Gasteiger charge is -2.13. The Morgan fingerprint density at radius 1 is 1.67 bits per heavy atom. The Labute approximate surface area is 88.1 Å². The Balaban J connectivity index is 2.73. The number of carbonyl (C=O) groups excluding carboxylic acids is 1. The van der Waals surface area contributed by atoms with Crippen molar-refractivity contribution in [3.63, 3.8) is 0 Å². The molecule has 0 aliphatic carbocycles. The van der Waals surface area contributed by atoms with Crippen molar-refractivity contribution in [3.8, 4) is 6.07 Å². The second-order valence-corrected chi connectivity index (χ2v) is 3.02. The van der Waals surface area contributed by atoms with Crippen LogP contribution < -0.4 is 10.6 Å². The van der Waals surface area contributed by atoms with Crippen LogP contribution in [0.15, 0.2) is 18.3 Å². The summed E-state index contributed by atoms with van der Waals surface area (Å²) in [6.45, 7) is 1.74. The summed E-state index contributed by atoms with van der Waals surface area (Å²) in [4.78, 5) is 15.0. The highest BCUT2D eigenvalue weighted by Crippen LogP contribution is 2.08. The first-order chi connectivity index (χ1) is 7.17. The molecule has 5 nitrogen and oxygen atoms in total. The van der Waals surface area contributed by atoms with Gasteiger partial charge in [0.05, 0.1) is 0 Å². The van der Waals surface area contributed by atoms with Crippen LogP contribution in [0.5, 0.6) is 0 Å². The zero-order valence-electron chi connectivity index (χ0n) is 8.61. The van der Waals surface area contributed by atoms with Gasteiger partial charge in [-0.05, 0) is 19.1 Å². The molecule has 0 radical (unpaired) electrons. The van der Waals surface area contributed by atoms with E-state index in [1.165, 1.54) is 6.20 Å². The van der Waals surface area contributed by atoms with E-state index in [0.29, 0.717) is 11.4 Å². The normalized spacial score (nSPS) is 11.3. The van der Waals surface area contributed by atoms with Gasteiger partial charge in [0.1, 0.15) is 17.8 Å². The van der Waals surface area contributed by atoms with E-state index in [9.17, 15) is 4.79 Å².